The molecule has 15 rings (SSSR count). The highest BCUT2D eigenvalue weighted by molar-refractivity contribution is 7.87. The molecular formula is C75H78Cl3F9N12O12S3. The number of halogens is 12. The molecule has 24 nitrogen and oxygen atoms in total. The molecule has 114 heavy (non-hydrogen) atoms. The van der Waals surface area contributed by atoms with Gasteiger partial charge in [-0.05, 0) is 92.1 Å². The van der Waals surface area contributed by atoms with Crippen molar-refractivity contribution in [2.24, 2.45) is 17.8 Å². The summed E-state index contributed by atoms with van der Waals surface area (Å²) >= 11 is 19.3. The van der Waals surface area contributed by atoms with Gasteiger partial charge in [-0.2, -0.15) is 51.1 Å². The van der Waals surface area contributed by atoms with Crippen LogP contribution in [0.25, 0.3) is 0 Å². The summed E-state index contributed by atoms with van der Waals surface area (Å²) in [6, 6.07) is 27.6. The number of hydrogen-bond acceptors (Lipinski definition) is 12. The highest BCUT2D eigenvalue weighted by atomic mass is 35.5. The van der Waals surface area contributed by atoms with Gasteiger partial charge in [0.05, 0.1) is 17.8 Å². The molecule has 6 saturated heterocycles. The standard InChI is InChI=1S/3C25H26ClF3N4O4S/c3*26-21-7-2-1-6-20(21)22(23(34)30-18-13-25(28,29)14-18)33(19-5-3-4-17(27)12-19)24(35)16-8-9-32(15-16)38(36,37)31-10-11-31/h3*1-7,12,16,18,22H,8-11,13-15H2,(H,30,34)/t16-,22?;16-,22+;16-,22-/m111/s1. The Morgan fingerprint density at radius 1 is 0.351 bits per heavy atom. The summed E-state index contributed by atoms with van der Waals surface area (Å²) in [5, 5.41) is 8.21. The molecule has 6 heterocycles. The van der Waals surface area contributed by atoms with E-state index in [4.69, 9.17) is 34.8 Å². The monoisotopic (exact) mass is 1710 g/mol. The number of benzene rings is 6. The van der Waals surface area contributed by atoms with Crippen molar-refractivity contribution >= 4 is 118 Å². The van der Waals surface area contributed by atoms with Gasteiger partial charge in [-0.25, -0.2) is 39.5 Å². The van der Waals surface area contributed by atoms with Crippen LogP contribution < -0.4 is 30.7 Å². The fourth-order valence-electron chi connectivity index (χ4n) is 14.8. The zero-order chi connectivity index (χ0) is 81.7. The number of anilines is 3. The third kappa shape index (κ3) is 19.0. The molecular weight excluding hydrogens is 1630 g/mol. The molecule has 0 aromatic heterocycles. The number of carbonyl (C=O) groups excluding carboxylic acids is 6. The Morgan fingerprint density at radius 2 is 0.588 bits per heavy atom. The van der Waals surface area contributed by atoms with E-state index in [1.54, 1.807) is 36.4 Å². The fraction of sp³-hybridized carbons (Fsp3) is 0.440. The average Bonchev–Trinajstić information content (AvgIpc) is 1.12. The van der Waals surface area contributed by atoms with Crippen LogP contribution in [0.15, 0.2) is 146 Å². The van der Waals surface area contributed by atoms with Gasteiger partial charge >= 0.3 is 0 Å². The minimum atomic E-state index is -3.68. The van der Waals surface area contributed by atoms with E-state index in [1.165, 1.54) is 117 Å². The first-order valence-corrected chi connectivity index (χ1v) is 42.0. The van der Waals surface area contributed by atoms with Crippen LogP contribution in [0.3, 0.4) is 0 Å². The van der Waals surface area contributed by atoms with Crippen molar-refractivity contribution < 1.29 is 93.5 Å². The first-order chi connectivity index (χ1) is 53.9. The molecule has 6 aromatic rings. The molecule has 6 aromatic carbocycles. The quantitative estimate of drug-likeness (QED) is 0.0377. The molecule has 3 N–H and O–H groups in total. The predicted octanol–water partition coefficient (Wildman–Crippen LogP) is 10.0. The Balaban J connectivity index is 0.000000149. The van der Waals surface area contributed by atoms with Crippen LogP contribution in [0.2, 0.25) is 15.1 Å². The third-order valence-electron chi connectivity index (χ3n) is 21.1. The smallest absolute Gasteiger partial charge is 0.282 e. The van der Waals surface area contributed by atoms with Gasteiger partial charge in [0.25, 0.3) is 48.4 Å². The van der Waals surface area contributed by atoms with Crippen LogP contribution in [-0.2, 0) is 59.4 Å². The van der Waals surface area contributed by atoms with Gasteiger partial charge in [-0.15, -0.1) is 0 Å². The SMILES string of the molecule is O=C(NC1CC(F)(F)C1)C(c1ccccc1Cl)N(C(=O)[C@@H]1CCN(S(=O)(=O)N2CC2)C1)c1cccc(F)c1.O=C(NC1CC(F)(F)C1)[C@@H](c1ccccc1Cl)N(C(=O)[C@@H]1CCN(S(=O)(=O)N2CC2)C1)c1cccc(F)c1.O=C(NC1CC(F)(F)C1)[C@H](c1ccccc1Cl)N(C(=O)[C@@H]1CCN(S(=O)(=O)N2CC2)C1)c1cccc(F)c1. The molecule has 39 heteroatoms. The van der Waals surface area contributed by atoms with Crippen molar-refractivity contribution in [2.45, 2.75) is 112 Å². The molecule has 6 amide bonds. The largest absolute Gasteiger partial charge is 0.351 e. The van der Waals surface area contributed by atoms with E-state index in [-0.39, 0.29) is 107 Å². The van der Waals surface area contributed by atoms with E-state index in [2.05, 4.69) is 16.0 Å². The number of carbonyl (C=O) groups is 6. The summed E-state index contributed by atoms with van der Waals surface area (Å²) in [5.74, 6) is -17.1. The zero-order valence-electron chi connectivity index (χ0n) is 60.6. The second-order valence-electron chi connectivity index (χ2n) is 29.5. The van der Waals surface area contributed by atoms with Crippen molar-refractivity contribution in [2.75, 3.05) is 93.2 Å². The summed E-state index contributed by atoms with van der Waals surface area (Å²) in [4.78, 5) is 86.4. The maximum absolute atomic E-state index is 14.3. The second kappa shape index (κ2) is 33.5. The summed E-state index contributed by atoms with van der Waals surface area (Å²) in [6.45, 7) is 2.56. The van der Waals surface area contributed by atoms with Gasteiger partial charge < -0.3 is 16.0 Å². The van der Waals surface area contributed by atoms with E-state index in [9.17, 15) is 93.5 Å². The van der Waals surface area contributed by atoms with Crippen LogP contribution in [0, 0.1) is 35.2 Å². The Labute approximate surface area is 666 Å². The van der Waals surface area contributed by atoms with Crippen LogP contribution in [-0.4, -0.2) is 201 Å². The normalized spacial score (nSPS) is 22.5. The molecule has 612 valence electrons. The lowest BCUT2D eigenvalue weighted by Gasteiger charge is -2.38. The van der Waals surface area contributed by atoms with Gasteiger partial charge in [0, 0.05) is 184 Å². The summed E-state index contributed by atoms with van der Waals surface area (Å²) in [5.41, 5.74) is 0.842. The number of nitrogens with one attached hydrogen (secondary N) is 3. The Kier molecular flexibility index (Phi) is 24.7. The Hall–Kier alpha value is -8.01. The number of amides is 6. The molecule has 6 atom stereocenters. The highest BCUT2D eigenvalue weighted by Crippen LogP contribution is 2.45. The van der Waals surface area contributed by atoms with Crippen LogP contribution >= 0.6 is 34.8 Å². The number of alkyl halides is 6. The number of nitrogens with zero attached hydrogens (tertiary/aromatic N) is 9. The van der Waals surface area contributed by atoms with Gasteiger partial charge in [0.15, 0.2) is 0 Å². The van der Waals surface area contributed by atoms with Crippen LogP contribution in [0.5, 0.6) is 0 Å². The minimum absolute atomic E-state index is 0.0567. The highest BCUT2D eigenvalue weighted by Gasteiger charge is 2.53. The number of hydrogen-bond donors (Lipinski definition) is 3. The fourth-order valence-corrected chi connectivity index (χ4v) is 20.3. The predicted molar refractivity (Wildman–Crippen MR) is 403 cm³/mol. The second-order valence-corrected chi connectivity index (χ2v) is 36.5. The average molecular weight is 1710 g/mol. The maximum atomic E-state index is 14.3. The molecule has 0 radical (unpaired) electrons. The third-order valence-corrected chi connectivity index (χ3v) is 28.1. The molecule has 6 aliphatic heterocycles. The van der Waals surface area contributed by atoms with Crippen molar-refractivity contribution in [3.8, 4) is 0 Å². The molecule has 3 aliphatic carbocycles. The Morgan fingerprint density at radius 3 is 0.798 bits per heavy atom. The van der Waals surface area contributed by atoms with E-state index in [1.807, 2.05) is 0 Å². The van der Waals surface area contributed by atoms with Gasteiger partial charge in [-0.1, -0.05) is 108 Å². The molecule has 9 aliphatic rings. The summed E-state index contributed by atoms with van der Waals surface area (Å²) < 4.78 is 208. The van der Waals surface area contributed by atoms with Gasteiger partial charge in [-0.3, -0.25) is 43.5 Å². The molecule has 9 fully saturated rings. The lowest BCUT2D eigenvalue weighted by atomic mass is 9.87. The van der Waals surface area contributed by atoms with Gasteiger partial charge in [0.2, 0.25) is 35.4 Å². The zero-order valence-corrected chi connectivity index (χ0v) is 65.3. The maximum Gasteiger partial charge on any atom is 0.282 e. The molecule has 0 bridgehead atoms. The van der Waals surface area contributed by atoms with Gasteiger partial charge in [0.1, 0.15) is 35.6 Å². The van der Waals surface area contributed by atoms with E-state index in [0.717, 1.165) is 32.9 Å². The van der Waals surface area contributed by atoms with Crippen molar-refractivity contribution in [1.29, 1.82) is 0 Å². The number of rotatable bonds is 24. The van der Waals surface area contributed by atoms with E-state index < -0.39 is 194 Å². The van der Waals surface area contributed by atoms with E-state index in [0.29, 0.717) is 39.3 Å². The molecule has 0 spiro atoms. The topological polar surface area (TPSA) is 269 Å². The summed E-state index contributed by atoms with van der Waals surface area (Å²) in [6.07, 6.45) is -2.61. The molecule has 1 unspecified atom stereocenters. The summed E-state index contributed by atoms with van der Waals surface area (Å²) in [7, 11) is -11.0. The van der Waals surface area contributed by atoms with Crippen molar-refractivity contribution in [3.05, 3.63) is 195 Å². The van der Waals surface area contributed by atoms with Crippen LogP contribution in [0.1, 0.15) is 92.6 Å². The van der Waals surface area contributed by atoms with E-state index >= 15 is 0 Å². The van der Waals surface area contributed by atoms with Crippen LogP contribution in [0.4, 0.5) is 56.6 Å². The minimum Gasteiger partial charge on any atom is -0.351 e. The molecule has 3 saturated carbocycles. The van der Waals surface area contributed by atoms with Crippen molar-refractivity contribution in [1.82, 2.24) is 41.8 Å². The Bertz CT molecular complexity index is 4540. The first-order valence-electron chi connectivity index (χ1n) is 36.7. The lowest BCUT2D eigenvalue weighted by Crippen LogP contribution is -2.54. The van der Waals surface area contributed by atoms with Crippen molar-refractivity contribution in [3.63, 3.8) is 0 Å². The lowest BCUT2D eigenvalue weighted by molar-refractivity contribution is -0.133. The first kappa shape index (κ1) is 83.9.